The largest absolute Gasteiger partial charge is 0.455 e. The van der Waals surface area contributed by atoms with Crippen molar-refractivity contribution in [3.8, 4) is 51.0 Å². The number of fused-ring (bicyclic) bond motifs is 9. The van der Waals surface area contributed by atoms with Crippen molar-refractivity contribution < 1.29 is 4.42 Å². The molecule has 6 heteroatoms. The Morgan fingerprint density at radius 3 is 1.70 bits per heavy atom. The van der Waals surface area contributed by atoms with Gasteiger partial charge >= 0.3 is 0 Å². The number of hydrogen-bond acceptors (Lipinski definition) is 5. The maximum atomic E-state index is 6.87. The van der Waals surface area contributed by atoms with Crippen LogP contribution in [-0.4, -0.2) is 19.5 Å². The molecule has 266 valence electrons. The number of rotatable bonds is 5. The van der Waals surface area contributed by atoms with Crippen LogP contribution in [0.1, 0.15) is 0 Å². The van der Waals surface area contributed by atoms with Crippen LogP contribution in [0, 0.1) is 0 Å². The first-order valence-electron chi connectivity index (χ1n) is 19.0. The van der Waals surface area contributed by atoms with Crippen LogP contribution in [-0.2, 0) is 0 Å². The first-order chi connectivity index (χ1) is 28.2. The first kappa shape index (κ1) is 31.9. The van der Waals surface area contributed by atoms with Gasteiger partial charge in [-0.1, -0.05) is 133 Å². The van der Waals surface area contributed by atoms with Gasteiger partial charge in [-0.2, -0.15) is 0 Å². The Morgan fingerprint density at radius 2 is 1.00 bits per heavy atom. The first-order valence-corrected chi connectivity index (χ1v) is 19.8. The molecule has 0 atom stereocenters. The van der Waals surface area contributed by atoms with E-state index in [1.165, 1.54) is 42.0 Å². The van der Waals surface area contributed by atoms with Crippen molar-refractivity contribution in [3.05, 3.63) is 182 Å². The van der Waals surface area contributed by atoms with Crippen LogP contribution in [0.5, 0.6) is 0 Å². The average Bonchev–Trinajstić information content (AvgIpc) is 3.96. The Kier molecular flexibility index (Phi) is 7.03. The lowest BCUT2D eigenvalue weighted by molar-refractivity contribution is 0.670. The molecule has 12 rings (SSSR count). The lowest BCUT2D eigenvalue weighted by Gasteiger charge is -2.09. The highest BCUT2D eigenvalue weighted by atomic mass is 32.1. The number of thiophene rings is 1. The Balaban J connectivity index is 1.03. The minimum absolute atomic E-state index is 0.596. The Bertz CT molecular complexity index is 3420. The molecular weight excluding hydrogens is 717 g/mol. The molecule has 0 aliphatic heterocycles. The van der Waals surface area contributed by atoms with Crippen LogP contribution in [0.4, 0.5) is 0 Å². The second-order valence-electron chi connectivity index (χ2n) is 14.4. The van der Waals surface area contributed by atoms with E-state index in [0.29, 0.717) is 17.5 Å². The van der Waals surface area contributed by atoms with Gasteiger partial charge in [-0.15, -0.1) is 11.3 Å². The second kappa shape index (κ2) is 12.6. The van der Waals surface area contributed by atoms with E-state index in [1.807, 2.05) is 72.0 Å². The highest BCUT2D eigenvalue weighted by Gasteiger charge is 2.20. The van der Waals surface area contributed by atoms with Gasteiger partial charge < -0.3 is 8.98 Å². The van der Waals surface area contributed by atoms with Crippen molar-refractivity contribution in [2.45, 2.75) is 0 Å². The standard InChI is InChI=1S/C51H30N4OS/c1-3-13-31(14-4-1)49-52-50(32-15-5-2-6-16-32)54-51(53-49)33-25-27-37-39-20-11-21-40(48(39)56-44(37)29-33)38-19-12-24-46-47(38)41-30-34(26-28-45(41)57-46)55-42-22-9-7-17-35(42)36-18-8-10-23-43(36)55/h1-30H. The molecule has 0 aliphatic carbocycles. The summed E-state index contributed by atoms with van der Waals surface area (Å²) >= 11 is 1.83. The summed E-state index contributed by atoms with van der Waals surface area (Å²) in [5.74, 6) is 1.85. The molecule has 0 radical (unpaired) electrons. The molecular formula is C51H30N4OS. The molecule has 0 bridgehead atoms. The number of nitrogens with zero attached hydrogens (tertiary/aromatic N) is 4. The van der Waals surface area contributed by atoms with Gasteiger partial charge in [-0.3, -0.25) is 0 Å². The molecule has 12 aromatic rings. The van der Waals surface area contributed by atoms with E-state index in [4.69, 9.17) is 19.4 Å². The van der Waals surface area contributed by atoms with Crippen molar-refractivity contribution >= 4 is 75.3 Å². The highest BCUT2D eigenvalue weighted by Crippen LogP contribution is 2.45. The second-order valence-corrected chi connectivity index (χ2v) is 15.4. The van der Waals surface area contributed by atoms with Crippen molar-refractivity contribution in [3.63, 3.8) is 0 Å². The van der Waals surface area contributed by atoms with Crippen molar-refractivity contribution in [1.82, 2.24) is 19.5 Å². The zero-order valence-corrected chi connectivity index (χ0v) is 31.2. The lowest BCUT2D eigenvalue weighted by Crippen LogP contribution is -2.00. The van der Waals surface area contributed by atoms with E-state index in [2.05, 4.69) is 126 Å². The number of furan rings is 1. The van der Waals surface area contributed by atoms with Crippen LogP contribution in [0.25, 0.3) is 115 Å². The van der Waals surface area contributed by atoms with Gasteiger partial charge in [-0.25, -0.2) is 15.0 Å². The molecule has 0 unspecified atom stereocenters. The SMILES string of the molecule is c1ccc(-c2nc(-c3ccccc3)nc(-c3ccc4c(c3)oc3c(-c5cccc6sc7ccc(-n8c9ccccc9c9ccccc98)cc7c56)cccc34)n2)cc1. The van der Waals surface area contributed by atoms with Gasteiger partial charge in [0.15, 0.2) is 17.5 Å². The van der Waals surface area contributed by atoms with E-state index in [0.717, 1.165) is 55.4 Å². The fraction of sp³-hybridized carbons (Fsp3) is 0. The molecule has 8 aromatic carbocycles. The average molecular weight is 747 g/mol. The summed E-state index contributed by atoms with van der Waals surface area (Å²) in [4.78, 5) is 14.8. The maximum Gasteiger partial charge on any atom is 0.164 e. The maximum absolute atomic E-state index is 6.87. The van der Waals surface area contributed by atoms with Crippen LogP contribution in [0.3, 0.4) is 0 Å². The van der Waals surface area contributed by atoms with E-state index in [-0.39, 0.29) is 0 Å². The third-order valence-electron chi connectivity index (χ3n) is 11.1. The normalized spacial score (nSPS) is 11.9. The fourth-order valence-corrected chi connectivity index (χ4v) is 9.58. The Labute approximate surface area is 330 Å². The molecule has 0 N–H and O–H groups in total. The van der Waals surface area contributed by atoms with E-state index in [1.54, 1.807) is 0 Å². The number of hydrogen-bond donors (Lipinski definition) is 0. The molecule has 4 heterocycles. The molecule has 0 spiro atoms. The molecule has 5 nitrogen and oxygen atoms in total. The molecule has 57 heavy (non-hydrogen) atoms. The topological polar surface area (TPSA) is 56.7 Å². The minimum atomic E-state index is 0.596. The van der Waals surface area contributed by atoms with E-state index in [9.17, 15) is 0 Å². The molecule has 0 fully saturated rings. The molecule has 0 aliphatic rings. The summed E-state index contributed by atoms with van der Waals surface area (Å²) in [7, 11) is 0. The van der Waals surface area contributed by atoms with Gasteiger partial charge in [0.2, 0.25) is 0 Å². The van der Waals surface area contributed by atoms with Crippen molar-refractivity contribution in [2.75, 3.05) is 0 Å². The third-order valence-corrected chi connectivity index (χ3v) is 12.2. The highest BCUT2D eigenvalue weighted by molar-refractivity contribution is 7.26. The third kappa shape index (κ3) is 5.04. The van der Waals surface area contributed by atoms with Crippen LogP contribution in [0.15, 0.2) is 186 Å². The number of benzene rings is 8. The zero-order valence-electron chi connectivity index (χ0n) is 30.4. The summed E-state index contributed by atoms with van der Waals surface area (Å²) in [6.07, 6.45) is 0. The van der Waals surface area contributed by atoms with Gasteiger partial charge in [0.1, 0.15) is 11.2 Å². The summed E-state index contributed by atoms with van der Waals surface area (Å²) in [5, 5.41) is 7.11. The molecule has 0 saturated heterocycles. The van der Waals surface area contributed by atoms with Crippen molar-refractivity contribution in [2.24, 2.45) is 0 Å². The van der Waals surface area contributed by atoms with E-state index >= 15 is 0 Å². The zero-order chi connectivity index (χ0) is 37.5. The number of aromatic nitrogens is 4. The van der Waals surface area contributed by atoms with Gasteiger partial charge in [0.25, 0.3) is 0 Å². The predicted octanol–water partition coefficient (Wildman–Crippen LogP) is 13.9. The van der Waals surface area contributed by atoms with Gasteiger partial charge in [-0.05, 0) is 54.1 Å². The smallest absolute Gasteiger partial charge is 0.164 e. The molecule has 0 amide bonds. The number of para-hydroxylation sites is 3. The summed E-state index contributed by atoms with van der Waals surface area (Å²) in [6, 6.07) is 63.8. The van der Waals surface area contributed by atoms with Gasteiger partial charge in [0, 0.05) is 69.7 Å². The van der Waals surface area contributed by atoms with Crippen molar-refractivity contribution in [1.29, 1.82) is 0 Å². The summed E-state index contributed by atoms with van der Waals surface area (Å²) < 4.78 is 11.8. The molecule has 4 aromatic heterocycles. The quantitative estimate of drug-likeness (QED) is 0.176. The Morgan fingerprint density at radius 1 is 0.404 bits per heavy atom. The fourth-order valence-electron chi connectivity index (χ4n) is 8.47. The Hall–Kier alpha value is -7.41. The minimum Gasteiger partial charge on any atom is -0.455 e. The summed E-state index contributed by atoms with van der Waals surface area (Å²) in [5.41, 5.74) is 10.2. The lowest BCUT2D eigenvalue weighted by atomic mass is 9.97. The van der Waals surface area contributed by atoms with Crippen LogP contribution < -0.4 is 0 Å². The van der Waals surface area contributed by atoms with E-state index < -0.39 is 0 Å². The molecule has 0 saturated carbocycles. The monoisotopic (exact) mass is 746 g/mol. The van der Waals surface area contributed by atoms with Crippen LogP contribution >= 0.6 is 11.3 Å². The summed E-state index contributed by atoms with van der Waals surface area (Å²) in [6.45, 7) is 0. The van der Waals surface area contributed by atoms with Crippen LogP contribution in [0.2, 0.25) is 0 Å². The predicted molar refractivity (Wildman–Crippen MR) is 236 cm³/mol. The van der Waals surface area contributed by atoms with Gasteiger partial charge in [0.05, 0.1) is 11.0 Å².